The van der Waals surface area contributed by atoms with Crippen LogP contribution in [0.1, 0.15) is 23.6 Å². The fourth-order valence-electron chi connectivity index (χ4n) is 4.76. The molecule has 2 aromatic heterocycles. The highest BCUT2D eigenvalue weighted by atomic mass is 35.5. The molecule has 0 N–H and O–H groups in total. The van der Waals surface area contributed by atoms with Gasteiger partial charge >= 0.3 is 11.9 Å². The van der Waals surface area contributed by atoms with Crippen molar-refractivity contribution in [3.8, 4) is 5.75 Å². The lowest BCUT2D eigenvalue weighted by Gasteiger charge is -2.18. The molecule has 3 heterocycles. The summed E-state index contributed by atoms with van der Waals surface area (Å²) < 4.78 is 49.5. The Morgan fingerprint density at radius 3 is 2.67 bits per heavy atom. The van der Waals surface area contributed by atoms with Crippen LogP contribution in [0.25, 0.3) is 11.0 Å². The molecule has 1 aliphatic heterocycles. The molecular formula is C24H20Cl2F3N5O2. The van der Waals surface area contributed by atoms with Gasteiger partial charge in [0.2, 0.25) is 0 Å². The predicted octanol–water partition coefficient (Wildman–Crippen LogP) is 5.43. The van der Waals surface area contributed by atoms with Crippen LogP contribution < -0.4 is 15.3 Å². The third kappa shape index (κ3) is 4.18. The van der Waals surface area contributed by atoms with Gasteiger partial charge in [0.15, 0.2) is 5.82 Å². The number of aromatic nitrogens is 4. The van der Waals surface area contributed by atoms with Crippen molar-refractivity contribution in [3.63, 3.8) is 0 Å². The predicted molar refractivity (Wildman–Crippen MR) is 131 cm³/mol. The summed E-state index contributed by atoms with van der Waals surface area (Å²) in [7, 11) is 1.46. The van der Waals surface area contributed by atoms with Crippen LogP contribution in [0, 0.1) is 0 Å². The number of benzene rings is 2. The van der Waals surface area contributed by atoms with Gasteiger partial charge in [0.1, 0.15) is 16.3 Å². The minimum atomic E-state index is -4.55. The standard InChI is InChI=1S/C24H20Cl2F3N5O2/c1-36-19-8-4-7-18-21(19)33(12-14-5-2-3-6-16(14)24(27,28)29)23(35)34(18)15-9-10-32(13-15)22-20(26)17(25)11-30-31-22/h2-8,11,15H,9-10,12-13H2,1H3. The lowest BCUT2D eigenvalue weighted by molar-refractivity contribution is -0.138. The van der Waals surface area contributed by atoms with Crippen LogP contribution in [-0.4, -0.2) is 39.5 Å². The number of anilines is 1. The van der Waals surface area contributed by atoms with Crippen molar-refractivity contribution < 1.29 is 17.9 Å². The van der Waals surface area contributed by atoms with Crippen molar-refractivity contribution in [2.75, 3.05) is 25.1 Å². The summed E-state index contributed by atoms with van der Waals surface area (Å²) >= 11 is 12.4. The number of alkyl halides is 3. The van der Waals surface area contributed by atoms with Crippen molar-refractivity contribution in [3.05, 3.63) is 80.3 Å². The first-order valence-electron chi connectivity index (χ1n) is 11.0. The molecule has 4 aromatic rings. The van der Waals surface area contributed by atoms with E-state index >= 15 is 0 Å². The molecule has 12 heteroatoms. The summed E-state index contributed by atoms with van der Waals surface area (Å²) in [5.41, 5.74) is -0.221. The Bertz CT molecular complexity index is 1500. The molecule has 36 heavy (non-hydrogen) atoms. The molecule has 0 spiro atoms. The molecule has 1 atom stereocenters. The van der Waals surface area contributed by atoms with E-state index in [2.05, 4.69) is 10.2 Å². The summed E-state index contributed by atoms with van der Waals surface area (Å²) in [5, 5.41) is 8.50. The summed E-state index contributed by atoms with van der Waals surface area (Å²) in [6.45, 7) is 0.671. The zero-order chi connectivity index (χ0) is 25.6. The molecule has 0 bridgehead atoms. The lowest BCUT2D eigenvalue weighted by atomic mass is 10.1. The average Bonchev–Trinajstić information content (AvgIpc) is 3.43. The van der Waals surface area contributed by atoms with Crippen molar-refractivity contribution in [2.45, 2.75) is 25.2 Å². The Hall–Kier alpha value is -3.24. The second-order valence-electron chi connectivity index (χ2n) is 8.44. The van der Waals surface area contributed by atoms with Gasteiger partial charge in [-0.15, -0.1) is 5.10 Å². The van der Waals surface area contributed by atoms with Crippen LogP contribution >= 0.6 is 23.2 Å². The van der Waals surface area contributed by atoms with Crippen molar-refractivity contribution in [1.82, 2.24) is 19.3 Å². The molecule has 1 aliphatic rings. The van der Waals surface area contributed by atoms with Gasteiger partial charge in [0, 0.05) is 13.1 Å². The van der Waals surface area contributed by atoms with Gasteiger partial charge in [-0.05, 0) is 30.2 Å². The van der Waals surface area contributed by atoms with Crippen molar-refractivity contribution in [1.29, 1.82) is 0 Å². The highest BCUT2D eigenvalue weighted by molar-refractivity contribution is 6.43. The number of nitrogens with zero attached hydrogens (tertiary/aromatic N) is 5. The largest absolute Gasteiger partial charge is 0.494 e. The highest BCUT2D eigenvalue weighted by Gasteiger charge is 2.34. The maximum atomic E-state index is 13.8. The zero-order valence-electron chi connectivity index (χ0n) is 19.0. The fourth-order valence-corrected chi connectivity index (χ4v) is 5.10. The summed E-state index contributed by atoms with van der Waals surface area (Å²) in [6, 6.07) is 10.2. The molecule has 0 radical (unpaired) electrons. The molecule has 7 nitrogen and oxygen atoms in total. The van der Waals surface area contributed by atoms with E-state index in [9.17, 15) is 18.0 Å². The van der Waals surface area contributed by atoms with Crippen LogP contribution in [0.5, 0.6) is 5.75 Å². The lowest BCUT2D eigenvalue weighted by Crippen LogP contribution is -2.30. The van der Waals surface area contributed by atoms with Crippen LogP contribution in [-0.2, 0) is 12.7 Å². The number of para-hydroxylation sites is 1. The van der Waals surface area contributed by atoms with Gasteiger partial charge < -0.3 is 9.64 Å². The Balaban J connectivity index is 1.61. The second-order valence-corrected chi connectivity index (χ2v) is 9.23. The Labute approximate surface area is 213 Å². The van der Waals surface area contributed by atoms with E-state index in [-0.39, 0.29) is 28.2 Å². The van der Waals surface area contributed by atoms with Gasteiger partial charge in [-0.2, -0.15) is 18.3 Å². The molecule has 5 rings (SSSR count). The van der Waals surface area contributed by atoms with Crippen LogP contribution in [0.3, 0.4) is 0 Å². The molecule has 1 fully saturated rings. The summed E-state index contributed by atoms with van der Waals surface area (Å²) in [4.78, 5) is 15.7. The number of fused-ring (bicyclic) bond motifs is 1. The number of rotatable bonds is 5. The molecule has 188 valence electrons. The first-order valence-corrected chi connectivity index (χ1v) is 11.8. The Morgan fingerprint density at radius 2 is 1.92 bits per heavy atom. The number of methoxy groups -OCH3 is 1. The Kier molecular flexibility index (Phi) is 6.34. The number of hydrogen-bond acceptors (Lipinski definition) is 5. The first-order chi connectivity index (χ1) is 17.2. The Morgan fingerprint density at radius 1 is 1.14 bits per heavy atom. The molecular weight excluding hydrogens is 518 g/mol. The van der Waals surface area contributed by atoms with E-state index in [4.69, 9.17) is 27.9 Å². The SMILES string of the molecule is COc1cccc2c1n(Cc1ccccc1C(F)(F)F)c(=O)n2C1CCN(c2nncc(Cl)c2Cl)C1. The molecule has 2 aromatic carbocycles. The van der Waals surface area contributed by atoms with Crippen molar-refractivity contribution >= 4 is 40.1 Å². The van der Waals surface area contributed by atoms with Gasteiger partial charge in [0.05, 0.1) is 42.0 Å². The maximum Gasteiger partial charge on any atom is 0.416 e. The van der Waals surface area contributed by atoms with E-state index in [1.807, 2.05) is 4.90 Å². The number of imidazole rings is 1. The van der Waals surface area contributed by atoms with E-state index in [0.717, 1.165) is 6.07 Å². The summed E-state index contributed by atoms with van der Waals surface area (Å²) in [6.07, 6.45) is -2.62. The van der Waals surface area contributed by atoms with Crippen molar-refractivity contribution in [2.24, 2.45) is 0 Å². The van der Waals surface area contributed by atoms with Crippen LogP contribution in [0.15, 0.2) is 53.5 Å². The minimum absolute atomic E-state index is 0.00825. The molecule has 1 saturated heterocycles. The monoisotopic (exact) mass is 537 g/mol. The van der Waals surface area contributed by atoms with Gasteiger partial charge in [0.25, 0.3) is 0 Å². The smallest absolute Gasteiger partial charge is 0.416 e. The van der Waals surface area contributed by atoms with Gasteiger partial charge in [-0.3, -0.25) is 9.13 Å². The first kappa shape index (κ1) is 24.5. The quantitative estimate of drug-likeness (QED) is 0.339. The molecule has 1 unspecified atom stereocenters. The normalized spacial score (nSPS) is 16.2. The third-order valence-electron chi connectivity index (χ3n) is 6.37. The van der Waals surface area contributed by atoms with E-state index in [1.165, 1.54) is 36.1 Å². The summed E-state index contributed by atoms with van der Waals surface area (Å²) in [5.74, 6) is 0.812. The highest BCUT2D eigenvalue weighted by Crippen LogP contribution is 2.36. The number of halogens is 5. The number of hydrogen-bond donors (Lipinski definition) is 0. The topological polar surface area (TPSA) is 65.2 Å². The number of ether oxygens (including phenoxy) is 1. The van der Waals surface area contributed by atoms with Gasteiger partial charge in [-0.25, -0.2) is 4.79 Å². The van der Waals surface area contributed by atoms with Crippen LogP contribution in [0.2, 0.25) is 10.0 Å². The molecule has 0 amide bonds. The fraction of sp³-hybridized carbons (Fsp3) is 0.292. The van der Waals surface area contributed by atoms with E-state index in [0.29, 0.717) is 42.1 Å². The molecule has 0 aliphatic carbocycles. The zero-order valence-corrected chi connectivity index (χ0v) is 20.5. The second kappa shape index (κ2) is 9.33. The van der Waals surface area contributed by atoms with E-state index < -0.39 is 17.4 Å². The molecule has 0 saturated carbocycles. The maximum absolute atomic E-state index is 13.8. The minimum Gasteiger partial charge on any atom is -0.494 e. The average molecular weight is 538 g/mol. The van der Waals surface area contributed by atoms with E-state index in [1.54, 1.807) is 22.8 Å². The van der Waals surface area contributed by atoms with Crippen LogP contribution in [0.4, 0.5) is 19.0 Å². The van der Waals surface area contributed by atoms with Gasteiger partial charge in [-0.1, -0.05) is 47.5 Å². The third-order valence-corrected chi connectivity index (χ3v) is 7.13.